The Bertz CT molecular complexity index is 647. The van der Waals surface area contributed by atoms with E-state index in [-0.39, 0.29) is 11.4 Å². The summed E-state index contributed by atoms with van der Waals surface area (Å²) in [7, 11) is -3.60. The lowest BCUT2D eigenvalue weighted by Gasteiger charge is -2.07. The van der Waals surface area contributed by atoms with E-state index in [0.717, 1.165) is 0 Å². The summed E-state index contributed by atoms with van der Waals surface area (Å²) in [6.07, 6.45) is 3.91. The average Bonchev–Trinajstić information content (AvgIpc) is 3.03. The molecule has 0 radical (unpaired) electrons. The number of rotatable bonds is 7. The predicted molar refractivity (Wildman–Crippen MR) is 71.0 cm³/mol. The number of aromatic nitrogens is 5. The Morgan fingerprint density at radius 3 is 2.95 bits per heavy atom. The van der Waals surface area contributed by atoms with Crippen molar-refractivity contribution in [1.29, 1.82) is 0 Å². The van der Waals surface area contributed by atoms with Gasteiger partial charge in [-0.1, -0.05) is 5.21 Å². The van der Waals surface area contributed by atoms with Crippen molar-refractivity contribution in [3.05, 3.63) is 23.8 Å². The van der Waals surface area contributed by atoms with E-state index in [4.69, 9.17) is 5.73 Å². The molecule has 0 aliphatic rings. The fraction of sp³-hybridized carbons (Fsp3) is 0.500. The summed E-state index contributed by atoms with van der Waals surface area (Å²) < 4.78 is 28.6. The summed E-state index contributed by atoms with van der Waals surface area (Å²) in [5, 5.41) is 14.0. The van der Waals surface area contributed by atoms with Gasteiger partial charge in [-0.05, 0) is 13.3 Å². The zero-order valence-electron chi connectivity index (χ0n) is 11.1. The van der Waals surface area contributed by atoms with Gasteiger partial charge in [0.15, 0.2) is 0 Å². The topological polar surface area (TPSA) is 132 Å². The van der Waals surface area contributed by atoms with Crippen molar-refractivity contribution < 1.29 is 8.42 Å². The van der Waals surface area contributed by atoms with Crippen molar-refractivity contribution in [2.45, 2.75) is 31.3 Å². The molecule has 4 N–H and O–H groups in total. The largest absolute Gasteiger partial charge is 0.325 e. The fourth-order valence-corrected chi connectivity index (χ4v) is 3.28. The van der Waals surface area contributed by atoms with Gasteiger partial charge in [0.2, 0.25) is 10.0 Å². The van der Waals surface area contributed by atoms with Crippen LogP contribution in [0.1, 0.15) is 17.8 Å². The summed E-state index contributed by atoms with van der Waals surface area (Å²) in [4.78, 5) is 0.140. The van der Waals surface area contributed by atoms with Crippen LogP contribution in [-0.4, -0.2) is 40.2 Å². The van der Waals surface area contributed by atoms with Crippen LogP contribution in [0.4, 0.5) is 0 Å². The van der Waals surface area contributed by atoms with E-state index in [1.54, 1.807) is 24.0 Å². The third kappa shape index (κ3) is 3.21. The second-order valence-corrected chi connectivity index (χ2v) is 5.95. The molecule has 0 bridgehead atoms. The Kier molecular flexibility index (Phi) is 4.47. The van der Waals surface area contributed by atoms with Crippen LogP contribution in [0.5, 0.6) is 0 Å². The molecule has 0 aliphatic heterocycles. The fourth-order valence-electron chi connectivity index (χ4n) is 1.84. The molecule has 0 atom stereocenters. The third-order valence-corrected chi connectivity index (χ3v) is 4.41. The zero-order chi connectivity index (χ0) is 14.6. The van der Waals surface area contributed by atoms with Crippen LogP contribution in [-0.2, 0) is 23.1 Å². The van der Waals surface area contributed by atoms with Crippen molar-refractivity contribution >= 4 is 10.0 Å². The van der Waals surface area contributed by atoms with Gasteiger partial charge >= 0.3 is 0 Å². The van der Waals surface area contributed by atoms with Crippen LogP contribution in [0.2, 0.25) is 0 Å². The van der Waals surface area contributed by atoms with Gasteiger partial charge in [-0.25, -0.2) is 13.1 Å². The van der Waals surface area contributed by atoms with E-state index in [1.165, 1.54) is 0 Å². The Balaban J connectivity index is 1.95. The van der Waals surface area contributed by atoms with Gasteiger partial charge in [0, 0.05) is 25.8 Å². The van der Waals surface area contributed by atoms with E-state index in [0.29, 0.717) is 30.9 Å². The number of hydrogen-bond acceptors (Lipinski definition) is 6. The average molecular weight is 299 g/mol. The van der Waals surface area contributed by atoms with Gasteiger partial charge in [0.1, 0.15) is 4.90 Å². The highest BCUT2D eigenvalue weighted by molar-refractivity contribution is 7.89. The first-order valence-corrected chi connectivity index (χ1v) is 7.60. The quantitative estimate of drug-likeness (QED) is 0.570. The van der Waals surface area contributed by atoms with E-state index in [2.05, 4.69) is 25.2 Å². The van der Waals surface area contributed by atoms with Crippen LogP contribution in [0.15, 0.2) is 17.3 Å². The van der Waals surface area contributed by atoms with E-state index in [9.17, 15) is 8.42 Å². The molecule has 2 rings (SSSR count). The molecule has 20 heavy (non-hydrogen) atoms. The van der Waals surface area contributed by atoms with Crippen LogP contribution >= 0.6 is 0 Å². The van der Waals surface area contributed by atoms with Crippen LogP contribution in [0.25, 0.3) is 0 Å². The second-order valence-electron chi connectivity index (χ2n) is 4.25. The molecule has 0 aromatic carbocycles. The zero-order valence-corrected chi connectivity index (χ0v) is 11.9. The van der Waals surface area contributed by atoms with Crippen molar-refractivity contribution in [3.8, 4) is 0 Å². The standard InChI is InChI=1S/C10H17N7O2S/c1-8-10(9(7-11)15-14-8)20(18,19)13-3-2-5-17-6-4-12-16-17/h4,6,13H,2-3,5,7,11H2,1H3,(H,14,15). The predicted octanol–water partition coefficient (Wildman–Crippen LogP) is -0.863. The summed E-state index contributed by atoms with van der Waals surface area (Å²) in [6, 6.07) is 0. The highest BCUT2D eigenvalue weighted by Crippen LogP contribution is 2.16. The van der Waals surface area contributed by atoms with Crippen LogP contribution in [0.3, 0.4) is 0 Å². The number of nitrogens with one attached hydrogen (secondary N) is 2. The summed E-state index contributed by atoms with van der Waals surface area (Å²) in [5.74, 6) is 0. The van der Waals surface area contributed by atoms with Crippen LogP contribution in [0, 0.1) is 6.92 Å². The molecule has 2 heterocycles. The highest BCUT2D eigenvalue weighted by Gasteiger charge is 2.22. The lowest BCUT2D eigenvalue weighted by atomic mass is 10.4. The second kappa shape index (κ2) is 6.11. The molecular weight excluding hydrogens is 282 g/mol. The molecule has 0 unspecified atom stereocenters. The number of sulfonamides is 1. The van der Waals surface area contributed by atoms with Crippen molar-refractivity contribution in [2.75, 3.05) is 6.54 Å². The maximum atomic E-state index is 12.2. The molecule has 0 spiro atoms. The van der Waals surface area contributed by atoms with E-state index < -0.39 is 10.0 Å². The monoisotopic (exact) mass is 299 g/mol. The Hall–Kier alpha value is -1.78. The number of H-pyrrole nitrogens is 1. The number of aromatic amines is 1. The van der Waals surface area contributed by atoms with E-state index in [1.807, 2.05) is 0 Å². The van der Waals surface area contributed by atoms with Gasteiger partial charge < -0.3 is 5.73 Å². The van der Waals surface area contributed by atoms with Crippen molar-refractivity contribution in [2.24, 2.45) is 5.73 Å². The number of nitrogens with zero attached hydrogens (tertiary/aromatic N) is 4. The van der Waals surface area contributed by atoms with Gasteiger partial charge in [-0.15, -0.1) is 5.10 Å². The minimum Gasteiger partial charge on any atom is -0.325 e. The number of nitrogens with two attached hydrogens (primary N) is 1. The Morgan fingerprint density at radius 1 is 1.50 bits per heavy atom. The maximum absolute atomic E-state index is 12.2. The molecule has 0 saturated carbocycles. The minimum absolute atomic E-state index is 0.0690. The van der Waals surface area contributed by atoms with Crippen LogP contribution < -0.4 is 10.5 Å². The van der Waals surface area contributed by atoms with Gasteiger partial charge in [0.05, 0.1) is 17.6 Å². The molecule has 0 fully saturated rings. The summed E-state index contributed by atoms with van der Waals surface area (Å²) in [6.45, 7) is 2.61. The summed E-state index contributed by atoms with van der Waals surface area (Å²) in [5.41, 5.74) is 6.31. The lowest BCUT2D eigenvalue weighted by molar-refractivity contribution is 0.541. The Morgan fingerprint density at radius 2 is 2.30 bits per heavy atom. The molecule has 10 heteroatoms. The first kappa shape index (κ1) is 14.6. The Labute approximate surface area is 116 Å². The SMILES string of the molecule is Cc1[nH]nc(CN)c1S(=O)(=O)NCCCn1ccnn1. The molecule has 9 nitrogen and oxygen atoms in total. The molecule has 2 aromatic rings. The normalized spacial score (nSPS) is 11.9. The number of hydrogen-bond donors (Lipinski definition) is 3. The number of aryl methyl sites for hydroxylation is 2. The first-order chi connectivity index (χ1) is 9.54. The molecular formula is C10H17N7O2S. The minimum atomic E-state index is -3.60. The molecule has 0 aliphatic carbocycles. The lowest BCUT2D eigenvalue weighted by Crippen LogP contribution is -2.27. The van der Waals surface area contributed by atoms with Crippen molar-refractivity contribution in [1.82, 2.24) is 29.9 Å². The highest BCUT2D eigenvalue weighted by atomic mass is 32.2. The molecule has 0 saturated heterocycles. The smallest absolute Gasteiger partial charge is 0.244 e. The van der Waals surface area contributed by atoms with Gasteiger partial charge in [0.25, 0.3) is 0 Å². The molecule has 110 valence electrons. The summed E-state index contributed by atoms with van der Waals surface area (Å²) >= 11 is 0. The molecule has 0 amide bonds. The van der Waals surface area contributed by atoms with Gasteiger partial charge in [-0.2, -0.15) is 5.10 Å². The third-order valence-electron chi connectivity index (χ3n) is 2.75. The molecule has 2 aromatic heterocycles. The van der Waals surface area contributed by atoms with Crippen molar-refractivity contribution in [3.63, 3.8) is 0 Å². The van der Waals surface area contributed by atoms with Gasteiger partial charge in [-0.3, -0.25) is 9.78 Å². The maximum Gasteiger partial charge on any atom is 0.244 e. The van der Waals surface area contributed by atoms with E-state index >= 15 is 0 Å². The first-order valence-electron chi connectivity index (χ1n) is 6.12.